The molecular formula is C12H20BNO7S. The molecule has 0 bridgehead atoms. The Balaban J connectivity index is 2.33. The molecular weight excluding hydrogens is 313 g/mol. The molecule has 1 heterocycles. The molecule has 0 aliphatic heterocycles. The third-order valence-electron chi connectivity index (χ3n) is 2.76. The van der Waals surface area contributed by atoms with E-state index >= 15 is 0 Å². The van der Waals surface area contributed by atoms with Gasteiger partial charge in [-0.15, -0.1) is 11.3 Å². The first kappa shape index (κ1) is 19.0. The zero-order chi connectivity index (χ0) is 16.5. The average Bonchev–Trinajstić information content (AvgIpc) is 2.89. The second-order valence-electron chi connectivity index (χ2n) is 4.78. The Morgan fingerprint density at radius 3 is 2.64 bits per heavy atom. The largest absolute Gasteiger partial charge is 0.481 e. The third-order valence-corrected chi connectivity index (χ3v) is 3.66. The van der Waals surface area contributed by atoms with Gasteiger partial charge in [-0.1, -0.05) is 6.07 Å². The highest BCUT2D eigenvalue weighted by Crippen LogP contribution is 2.10. The summed E-state index contributed by atoms with van der Waals surface area (Å²) in [4.78, 5) is 11.3. The molecule has 3 atom stereocenters. The summed E-state index contributed by atoms with van der Waals surface area (Å²) in [5, 5.41) is 50.6. The summed E-state index contributed by atoms with van der Waals surface area (Å²) in [7, 11) is -1.77. The molecule has 0 amide bonds. The summed E-state index contributed by atoms with van der Waals surface area (Å²) in [6.07, 6.45) is -2.31. The van der Waals surface area contributed by atoms with Crippen molar-refractivity contribution in [2.45, 2.75) is 31.1 Å². The first-order valence-electron chi connectivity index (χ1n) is 6.68. The number of thiophene rings is 1. The number of hydrogen-bond donors (Lipinski definition) is 6. The lowest BCUT2D eigenvalue weighted by Crippen LogP contribution is -2.51. The van der Waals surface area contributed by atoms with Gasteiger partial charge in [-0.05, 0) is 11.4 Å². The summed E-state index contributed by atoms with van der Waals surface area (Å²) < 4.78 is 5.05. The van der Waals surface area contributed by atoms with Crippen LogP contribution < -0.4 is 5.32 Å². The van der Waals surface area contributed by atoms with Gasteiger partial charge in [-0.2, -0.15) is 0 Å². The lowest BCUT2D eigenvalue weighted by atomic mass is 9.80. The van der Waals surface area contributed by atoms with Gasteiger partial charge >= 0.3 is 13.1 Å². The second-order valence-corrected chi connectivity index (χ2v) is 5.81. The fraction of sp³-hybridized carbons (Fsp3) is 0.583. The van der Waals surface area contributed by atoms with Gasteiger partial charge in [0.2, 0.25) is 0 Å². The number of carboxylic acid groups (broad SMARTS) is 1. The monoisotopic (exact) mass is 333 g/mol. The van der Waals surface area contributed by atoms with Crippen molar-refractivity contribution in [2.75, 3.05) is 13.2 Å². The Labute approximate surface area is 132 Å². The minimum atomic E-state index is -1.77. The number of hydrogen-bond acceptors (Lipinski definition) is 8. The zero-order valence-corrected chi connectivity index (χ0v) is 12.6. The average molecular weight is 333 g/mol. The molecule has 3 unspecified atom stereocenters. The minimum absolute atomic E-state index is 0.199. The van der Waals surface area contributed by atoms with E-state index in [4.69, 9.17) is 9.84 Å². The molecule has 0 aromatic carbocycles. The van der Waals surface area contributed by atoms with E-state index in [2.05, 4.69) is 5.32 Å². The fourth-order valence-electron chi connectivity index (χ4n) is 1.74. The van der Waals surface area contributed by atoms with Crippen LogP contribution >= 0.6 is 11.3 Å². The Morgan fingerprint density at radius 1 is 1.36 bits per heavy atom. The number of carboxylic acids is 1. The van der Waals surface area contributed by atoms with Gasteiger partial charge in [-0.25, -0.2) is 0 Å². The molecule has 0 saturated heterocycles. The third kappa shape index (κ3) is 7.85. The van der Waals surface area contributed by atoms with Crippen molar-refractivity contribution in [3.05, 3.63) is 22.4 Å². The fourth-order valence-corrected chi connectivity index (χ4v) is 2.48. The van der Waals surface area contributed by atoms with Crippen molar-refractivity contribution in [3.8, 4) is 0 Å². The molecule has 0 spiro atoms. The maximum atomic E-state index is 10.4. The van der Waals surface area contributed by atoms with E-state index in [1.807, 2.05) is 17.5 Å². The van der Waals surface area contributed by atoms with Gasteiger partial charge in [0, 0.05) is 11.3 Å². The lowest BCUT2D eigenvalue weighted by Gasteiger charge is -2.22. The van der Waals surface area contributed by atoms with Crippen LogP contribution in [0.2, 0.25) is 0 Å². The van der Waals surface area contributed by atoms with Gasteiger partial charge in [0.25, 0.3) is 0 Å². The number of carbonyl (C=O) groups is 1. The SMILES string of the molecule is O=C(O)CC(O)COCC(NC(O)Cc1cccs1)B(O)O. The normalized spacial score (nSPS) is 15.3. The highest BCUT2D eigenvalue weighted by Gasteiger charge is 2.26. The maximum absolute atomic E-state index is 10.4. The minimum Gasteiger partial charge on any atom is -0.481 e. The van der Waals surface area contributed by atoms with Crippen molar-refractivity contribution in [3.63, 3.8) is 0 Å². The van der Waals surface area contributed by atoms with Crippen LogP contribution in [-0.4, -0.2) is 69.9 Å². The molecule has 0 fully saturated rings. The van der Waals surface area contributed by atoms with E-state index in [0.717, 1.165) is 4.88 Å². The number of nitrogens with one attached hydrogen (secondary N) is 1. The second kappa shape index (κ2) is 9.90. The van der Waals surface area contributed by atoms with Crippen LogP contribution in [0.1, 0.15) is 11.3 Å². The highest BCUT2D eigenvalue weighted by atomic mass is 32.1. The van der Waals surface area contributed by atoms with Crippen LogP contribution in [0.5, 0.6) is 0 Å². The van der Waals surface area contributed by atoms with E-state index in [1.165, 1.54) is 11.3 Å². The first-order valence-corrected chi connectivity index (χ1v) is 7.56. The quantitative estimate of drug-likeness (QED) is 0.211. The molecule has 1 rings (SSSR count). The van der Waals surface area contributed by atoms with Crippen molar-refractivity contribution >= 4 is 24.4 Å². The highest BCUT2D eigenvalue weighted by molar-refractivity contribution is 7.09. The predicted octanol–water partition coefficient (Wildman–Crippen LogP) is -1.57. The summed E-state index contributed by atoms with van der Waals surface area (Å²) >= 11 is 1.47. The molecule has 0 saturated carbocycles. The van der Waals surface area contributed by atoms with Crippen molar-refractivity contribution in [1.29, 1.82) is 0 Å². The summed E-state index contributed by atoms with van der Waals surface area (Å²) in [5.74, 6) is -2.12. The molecule has 0 radical (unpaired) electrons. The Morgan fingerprint density at radius 2 is 2.09 bits per heavy atom. The number of aliphatic hydroxyl groups excluding tert-OH is 2. The smallest absolute Gasteiger partial charge is 0.472 e. The molecule has 1 aromatic heterocycles. The Bertz CT molecular complexity index is 431. The zero-order valence-electron chi connectivity index (χ0n) is 11.8. The molecule has 8 nitrogen and oxygen atoms in total. The van der Waals surface area contributed by atoms with Crippen LogP contribution in [0.15, 0.2) is 17.5 Å². The van der Waals surface area contributed by atoms with Crippen molar-refractivity contribution in [2.24, 2.45) is 0 Å². The van der Waals surface area contributed by atoms with Gasteiger partial charge in [-0.3, -0.25) is 10.1 Å². The van der Waals surface area contributed by atoms with E-state index in [9.17, 15) is 25.1 Å². The van der Waals surface area contributed by atoms with E-state index in [1.54, 1.807) is 0 Å². The van der Waals surface area contributed by atoms with E-state index in [-0.39, 0.29) is 13.2 Å². The maximum Gasteiger partial charge on any atom is 0.472 e. The van der Waals surface area contributed by atoms with Gasteiger partial charge in [0.05, 0.1) is 31.7 Å². The van der Waals surface area contributed by atoms with Crippen LogP contribution in [0.4, 0.5) is 0 Å². The van der Waals surface area contributed by atoms with Crippen molar-refractivity contribution < 1.29 is 34.9 Å². The number of aliphatic carboxylic acids is 1. The molecule has 6 N–H and O–H groups in total. The number of aliphatic hydroxyl groups is 2. The molecule has 0 aliphatic carbocycles. The van der Waals surface area contributed by atoms with Crippen molar-refractivity contribution in [1.82, 2.24) is 5.32 Å². The van der Waals surface area contributed by atoms with Crippen LogP contribution in [0, 0.1) is 0 Å². The van der Waals surface area contributed by atoms with Gasteiger partial charge in [0.15, 0.2) is 0 Å². The summed E-state index contributed by atoms with van der Waals surface area (Å²) in [6.45, 7) is -0.450. The first-order chi connectivity index (χ1) is 10.4. The van der Waals surface area contributed by atoms with Gasteiger partial charge < -0.3 is 30.1 Å². The molecule has 10 heteroatoms. The standard InChI is InChI=1S/C12H20BNO7S/c15-8(4-12(17)18)6-21-7-10(13(19)20)14-11(16)5-9-2-1-3-22-9/h1-3,8,10-11,14-16,19-20H,4-7H2,(H,17,18). The predicted molar refractivity (Wildman–Crippen MR) is 80.2 cm³/mol. The van der Waals surface area contributed by atoms with E-state index in [0.29, 0.717) is 6.42 Å². The molecule has 22 heavy (non-hydrogen) atoms. The van der Waals surface area contributed by atoms with Crippen LogP contribution in [0.25, 0.3) is 0 Å². The van der Waals surface area contributed by atoms with Crippen LogP contribution in [-0.2, 0) is 16.0 Å². The lowest BCUT2D eigenvalue weighted by molar-refractivity contribution is -0.140. The molecule has 124 valence electrons. The topological polar surface area (TPSA) is 139 Å². The summed E-state index contributed by atoms with van der Waals surface area (Å²) in [6, 6.07) is 3.69. The van der Waals surface area contributed by atoms with E-state index < -0.39 is 37.8 Å². The Hall–Kier alpha value is -1.01. The van der Waals surface area contributed by atoms with Gasteiger partial charge in [0.1, 0.15) is 6.23 Å². The van der Waals surface area contributed by atoms with Crippen LogP contribution in [0.3, 0.4) is 0 Å². The Kier molecular flexibility index (Phi) is 8.57. The number of rotatable bonds is 11. The summed E-state index contributed by atoms with van der Waals surface area (Å²) in [5.41, 5.74) is 0. The molecule has 1 aromatic rings. The molecule has 0 aliphatic rings. The number of ether oxygens (including phenoxy) is 1.